The van der Waals surface area contributed by atoms with E-state index in [-0.39, 0.29) is 10.1 Å². The first kappa shape index (κ1) is 29.1. The highest BCUT2D eigenvalue weighted by Gasteiger charge is 2.45. The van der Waals surface area contributed by atoms with Crippen LogP contribution >= 0.6 is 0 Å². The zero-order valence-electron chi connectivity index (χ0n) is 22.7. The van der Waals surface area contributed by atoms with Gasteiger partial charge in [0.15, 0.2) is 16.6 Å². The third kappa shape index (κ3) is 7.42. The molecule has 0 fully saturated rings. The van der Waals surface area contributed by atoms with Gasteiger partial charge in [-0.1, -0.05) is 41.5 Å². The Morgan fingerprint density at radius 3 is 1.26 bits per heavy atom. The van der Waals surface area contributed by atoms with Gasteiger partial charge in [0.05, 0.1) is 24.7 Å². The summed E-state index contributed by atoms with van der Waals surface area (Å²) in [6, 6.07) is 7.09. The zero-order chi connectivity index (χ0) is 25.9. The van der Waals surface area contributed by atoms with Gasteiger partial charge in [-0.25, -0.2) is 0 Å². The molecule has 0 amide bonds. The van der Waals surface area contributed by atoms with Crippen molar-refractivity contribution in [1.29, 1.82) is 0 Å². The van der Waals surface area contributed by atoms with E-state index in [9.17, 15) is 10.2 Å². The molecule has 8 heteroatoms. The van der Waals surface area contributed by atoms with Gasteiger partial charge >= 0.3 is 0 Å². The van der Waals surface area contributed by atoms with E-state index in [0.29, 0.717) is 24.4 Å². The fraction of sp³-hybridized carbons (Fsp3) is 0.692. The van der Waals surface area contributed by atoms with Crippen LogP contribution in [0.3, 0.4) is 0 Å². The van der Waals surface area contributed by atoms with Gasteiger partial charge in [0.1, 0.15) is 23.7 Å². The molecule has 34 heavy (non-hydrogen) atoms. The average molecular weight is 511 g/mol. The lowest BCUT2D eigenvalue weighted by Gasteiger charge is -2.45. The summed E-state index contributed by atoms with van der Waals surface area (Å²) in [5.74, 6) is 1.00. The zero-order valence-corrected chi connectivity index (χ0v) is 24.7. The lowest BCUT2D eigenvalue weighted by atomic mass is 9.99. The Hall–Kier alpha value is -1.17. The van der Waals surface area contributed by atoms with Crippen LogP contribution in [0.1, 0.15) is 78.1 Å². The van der Waals surface area contributed by atoms with Crippen LogP contribution in [-0.2, 0) is 8.85 Å². The van der Waals surface area contributed by atoms with Crippen LogP contribution in [0.25, 0.3) is 0 Å². The van der Waals surface area contributed by atoms with Crippen LogP contribution in [0.4, 0.5) is 0 Å². The molecule has 2 rings (SSSR count). The molecule has 2 aromatic rings. The van der Waals surface area contributed by atoms with E-state index in [1.165, 1.54) is 0 Å². The second-order valence-electron chi connectivity index (χ2n) is 12.4. The van der Waals surface area contributed by atoms with E-state index < -0.39 is 41.1 Å². The van der Waals surface area contributed by atoms with Crippen molar-refractivity contribution in [1.82, 2.24) is 0 Å². The van der Waals surface area contributed by atoms with Crippen molar-refractivity contribution in [3.63, 3.8) is 0 Å². The number of furan rings is 2. The van der Waals surface area contributed by atoms with Gasteiger partial charge in [-0.3, -0.25) is 0 Å². The van der Waals surface area contributed by atoms with E-state index in [1.54, 1.807) is 36.8 Å². The molecule has 194 valence electrons. The topological polar surface area (TPSA) is 85.2 Å². The molecule has 0 unspecified atom stereocenters. The highest BCUT2D eigenvalue weighted by atomic mass is 28.4. The maximum atomic E-state index is 11.0. The minimum absolute atomic E-state index is 0.0258. The van der Waals surface area contributed by atoms with Gasteiger partial charge < -0.3 is 27.9 Å². The third-order valence-corrected chi connectivity index (χ3v) is 16.6. The molecule has 0 aromatic carbocycles. The Morgan fingerprint density at radius 2 is 1.03 bits per heavy atom. The third-order valence-electron chi connectivity index (χ3n) is 7.57. The maximum Gasteiger partial charge on any atom is 0.192 e. The Kier molecular flexibility index (Phi) is 9.27. The first-order valence-electron chi connectivity index (χ1n) is 12.2. The summed E-state index contributed by atoms with van der Waals surface area (Å²) in [4.78, 5) is 0. The minimum Gasteiger partial charge on any atom is -0.467 e. The number of aliphatic hydroxyl groups is 2. The Labute approximate surface area is 207 Å². The van der Waals surface area contributed by atoms with E-state index in [4.69, 9.17) is 17.7 Å². The van der Waals surface area contributed by atoms with Crippen LogP contribution in [0, 0.1) is 0 Å². The lowest BCUT2D eigenvalue weighted by molar-refractivity contribution is -0.0278. The average Bonchev–Trinajstić information content (AvgIpc) is 3.38. The molecule has 0 saturated carbocycles. The van der Waals surface area contributed by atoms with Crippen LogP contribution in [0.5, 0.6) is 0 Å². The SMILES string of the molecule is CC(C)(C)[Si](C)(C)O[C@@H](C[C@@H](O)c1ccco1)[C@H](C[C@H](O)c1ccco1)O[Si](C)(C)C(C)(C)C. The van der Waals surface area contributed by atoms with Crippen molar-refractivity contribution in [2.45, 2.75) is 115 Å². The summed E-state index contributed by atoms with van der Waals surface area (Å²) >= 11 is 0. The number of hydrogen-bond donors (Lipinski definition) is 2. The predicted octanol–water partition coefficient (Wildman–Crippen LogP) is 7.20. The van der Waals surface area contributed by atoms with Crippen molar-refractivity contribution in [3.8, 4) is 0 Å². The summed E-state index contributed by atoms with van der Waals surface area (Å²) in [6.07, 6.45) is 1.21. The molecule has 0 spiro atoms. The summed E-state index contributed by atoms with van der Waals surface area (Å²) in [5, 5.41) is 22.0. The fourth-order valence-corrected chi connectivity index (χ4v) is 6.01. The smallest absolute Gasteiger partial charge is 0.192 e. The molecule has 4 atom stereocenters. The molecule has 0 aliphatic heterocycles. The Bertz CT molecular complexity index is 775. The van der Waals surface area contributed by atoms with Gasteiger partial charge in [-0.15, -0.1) is 0 Å². The maximum absolute atomic E-state index is 11.0. The molecule has 0 aliphatic rings. The van der Waals surface area contributed by atoms with Crippen molar-refractivity contribution in [2.75, 3.05) is 0 Å². The molecule has 2 heterocycles. The fourth-order valence-electron chi connectivity index (χ4n) is 3.30. The van der Waals surface area contributed by atoms with Crippen LogP contribution in [0.2, 0.25) is 36.3 Å². The van der Waals surface area contributed by atoms with Gasteiger partial charge in [-0.2, -0.15) is 0 Å². The van der Waals surface area contributed by atoms with E-state index in [0.717, 1.165) is 0 Å². The molecule has 2 N–H and O–H groups in total. The van der Waals surface area contributed by atoms with Gasteiger partial charge in [-0.05, 0) is 60.5 Å². The highest BCUT2D eigenvalue weighted by molar-refractivity contribution is 6.74. The second-order valence-corrected chi connectivity index (χ2v) is 21.9. The molecule has 0 aliphatic carbocycles. The molecule has 6 nitrogen and oxygen atoms in total. The van der Waals surface area contributed by atoms with Gasteiger partial charge in [0.2, 0.25) is 0 Å². The van der Waals surface area contributed by atoms with E-state index in [1.807, 2.05) is 0 Å². The summed E-state index contributed by atoms with van der Waals surface area (Å²) in [5.41, 5.74) is 0. The van der Waals surface area contributed by atoms with Crippen molar-refractivity contribution >= 4 is 16.6 Å². The Balaban J connectivity index is 2.45. The quantitative estimate of drug-likeness (QED) is 0.311. The van der Waals surface area contributed by atoms with Crippen molar-refractivity contribution in [2.24, 2.45) is 0 Å². The summed E-state index contributed by atoms with van der Waals surface area (Å²) in [7, 11) is -4.46. The standard InChI is InChI=1S/C26H46O6Si2/c1-25(2,3)33(7,8)31-23(17-19(27)21-13-11-15-29-21)24(32-34(9,10)26(4,5)6)18-20(28)22-14-12-16-30-22/h11-16,19-20,23-24,27-28H,17-18H2,1-10H3/t19-,20+,23-,24-/m0/s1. The lowest BCUT2D eigenvalue weighted by Crippen LogP contribution is -2.52. The molecular weight excluding hydrogens is 464 g/mol. The van der Waals surface area contributed by atoms with Crippen LogP contribution in [0.15, 0.2) is 45.6 Å². The first-order chi connectivity index (χ1) is 15.4. The Morgan fingerprint density at radius 1 is 0.706 bits per heavy atom. The second kappa shape index (κ2) is 10.8. The number of rotatable bonds is 11. The summed E-state index contributed by atoms with van der Waals surface area (Å²) < 4.78 is 24.8. The molecular formula is C26H46O6Si2. The molecule has 0 saturated heterocycles. The van der Waals surface area contributed by atoms with E-state index >= 15 is 0 Å². The summed E-state index contributed by atoms with van der Waals surface area (Å²) in [6.45, 7) is 22.0. The van der Waals surface area contributed by atoms with Crippen LogP contribution in [-0.4, -0.2) is 39.1 Å². The molecule has 0 radical (unpaired) electrons. The van der Waals surface area contributed by atoms with Crippen molar-refractivity contribution < 1.29 is 27.9 Å². The first-order valence-corrected chi connectivity index (χ1v) is 18.0. The van der Waals surface area contributed by atoms with Crippen molar-refractivity contribution in [3.05, 3.63) is 48.3 Å². The minimum atomic E-state index is -2.23. The molecule has 0 bridgehead atoms. The largest absolute Gasteiger partial charge is 0.467 e. The van der Waals surface area contributed by atoms with Crippen LogP contribution < -0.4 is 0 Å². The predicted molar refractivity (Wildman–Crippen MR) is 141 cm³/mol. The number of hydrogen-bond acceptors (Lipinski definition) is 6. The normalized spacial score (nSPS) is 17.4. The van der Waals surface area contributed by atoms with Gasteiger partial charge in [0.25, 0.3) is 0 Å². The molecule has 2 aromatic heterocycles. The van der Waals surface area contributed by atoms with E-state index in [2.05, 4.69) is 67.7 Å². The monoisotopic (exact) mass is 510 g/mol. The highest BCUT2D eigenvalue weighted by Crippen LogP contribution is 2.43. The van der Waals surface area contributed by atoms with Gasteiger partial charge in [0, 0.05) is 12.8 Å². The number of aliphatic hydroxyl groups excluding tert-OH is 2.